The van der Waals surface area contributed by atoms with Crippen LogP contribution in [0, 0.1) is 23.2 Å². The van der Waals surface area contributed by atoms with E-state index >= 15 is 0 Å². The molecule has 1 aromatic rings. The second-order valence-electron chi connectivity index (χ2n) is 5.03. The lowest BCUT2D eigenvalue weighted by molar-refractivity contribution is -0.142. The Hall–Kier alpha value is -1.57. The lowest BCUT2D eigenvalue weighted by atomic mass is 9.99. The zero-order valence-electron chi connectivity index (χ0n) is 10.6. The van der Waals surface area contributed by atoms with Gasteiger partial charge in [-0.05, 0) is 23.6 Å². The molecular weight excluding hydrogens is 264 g/mol. The van der Waals surface area contributed by atoms with Gasteiger partial charge < -0.3 is 5.11 Å². The van der Waals surface area contributed by atoms with Crippen molar-refractivity contribution < 1.29 is 9.90 Å². The number of carboxylic acid groups (broad SMARTS) is 1. The van der Waals surface area contributed by atoms with Crippen LogP contribution in [0.2, 0.25) is 5.02 Å². The van der Waals surface area contributed by atoms with Crippen LogP contribution in [0.3, 0.4) is 0 Å². The van der Waals surface area contributed by atoms with Crippen LogP contribution in [0.5, 0.6) is 0 Å². The summed E-state index contributed by atoms with van der Waals surface area (Å²) in [7, 11) is 0. The van der Waals surface area contributed by atoms with E-state index in [2.05, 4.69) is 4.90 Å². The van der Waals surface area contributed by atoms with Gasteiger partial charge in [-0.2, -0.15) is 5.26 Å². The quantitative estimate of drug-likeness (QED) is 0.922. The van der Waals surface area contributed by atoms with Crippen molar-refractivity contribution in [3.8, 4) is 6.07 Å². The summed E-state index contributed by atoms with van der Waals surface area (Å²) < 4.78 is 0. The molecule has 1 N–H and O–H groups in total. The third-order valence-electron chi connectivity index (χ3n) is 3.58. The van der Waals surface area contributed by atoms with Gasteiger partial charge in [0.25, 0.3) is 0 Å². The maximum Gasteiger partial charge on any atom is 0.308 e. The van der Waals surface area contributed by atoms with Crippen molar-refractivity contribution in [1.29, 1.82) is 5.26 Å². The molecule has 0 radical (unpaired) electrons. The molecule has 4 nitrogen and oxygen atoms in total. The van der Waals surface area contributed by atoms with Crippen molar-refractivity contribution in [2.75, 3.05) is 13.1 Å². The lowest BCUT2D eigenvalue weighted by Crippen LogP contribution is -2.23. The zero-order chi connectivity index (χ0) is 14.0. The van der Waals surface area contributed by atoms with Crippen LogP contribution in [-0.4, -0.2) is 29.1 Å². The van der Waals surface area contributed by atoms with E-state index in [9.17, 15) is 4.79 Å². The van der Waals surface area contributed by atoms with Crippen LogP contribution in [0.4, 0.5) is 0 Å². The maximum absolute atomic E-state index is 11.1. The number of aliphatic carboxylic acids is 1. The standard InChI is InChI=1S/C14H15ClN2O2/c1-9-6-17(8-12(9)14(18)19)7-11-3-2-10(5-16)4-13(11)15/h2-4,9,12H,6-8H2,1H3,(H,18,19)/t9-,12-/m1/s1. The van der Waals surface area contributed by atoms with Gasteiger partial charge in [0, 0.05) is 24.7 Å². The van der Waals surface area contributed by atoms with Gasteiger partial charge in [0.2, 0.25) is 0 Å². The Morgan fingerprint density at radius 2 is 2.32 bits per heavy atom. The summed E-state index contributed by atoms with van der Waals surface area (Å²) in [5.74, 6) is -0.896. The molecule has 0 aliphatic carbocycles. The Bertz CT molecular complexity index is 539. The third kappa shape index (κ3) is 3.06. The van der Waals surface area contributed by atoms with E-state index in [-0.39, 0.29) is 11.8 Å². The van der Waals surface area contributed by atoms with Crippen molar-refractivity contribution in [2.45, 2.75) is 13.5 Å². The van der Waals surface area contributed by atoms with Crippen LogP contribution in [0.15, 0.2) is 18.2 Å². The van der Waals surface area contributed by atoms with E-state index < -0.39 is 5.97 Å². The summed E-state index contributed by atoms with van der Waals surface area (Å²) in [6.07, 6.45) is 0. The molecule has 0 amide bonds. The molecule has 1 saturated heterocycles. The predicted octanol–water partition coefficient (Wildman–Crippen LogP) is 2.36. The Balaban J connectivity index is 2.07. The SMILES string of the molecule is C[C@@H]1CN(Cc2ccc(C#N)cc2Cl)C[C@H]1C(=O)O. The number of halogens is 1. The van der Waals surface area contributed by atoms with Crippen molar-refractivity contribution in [3.63, 3.8) is 0 Å². The summed E-state index contributed by atoms with van der Waals surface area (Å²) in [5.41, 5.74) is 1.46. The minimum Gasteiger partial charge on any atom is -0.481 e. The summed E-state index contributed by atoms with van der Waals surface area (Å²) >= 11 is 6.13. The molecule has 0 aromatic heterocycles. The lowest BCUT2D eigenvalue weighted by Gasteiger charge is -2.16. The monoisotopic (exact) mass is 278 g/mol. The van der Waals surface area contributed by atoms with Crippen LogP contribution >= 0.6 is 11.6 Å². The van der Waals surface area contributed by atoms with Crippen LogP contribution in [0.1, 0.15) is 18.1 Å². The fourth-order valence-corrected chi connectivity index (χ4v) is 2.74. The molecule has 5 heteroatoms. The number of rotatable bonds is 3. The first-order valence-electron chi connectivity index (χ1n) is 6.15. The normalized spacial score (nSPS) is 23.2. The van der Waals surface area contributed by atoms with Crippen molar-refractivity contribution in [2.24, 2.45) is 11.8 Å². The van der Waals surface area contributed by atoms with E-state index in [1.807, 2.05) is 19.1 Å². The first-order chi connectivity index (χ1) is 9.01. The molecule has 2 rings (SSSR count). The molecule has 0 unspecified atom stereocenters. The average molecular weight is 279 g/mol. The van der Waals surface area contributed by atoms with Crippen molar-refractivity contribution in [3.05, 3.63) is 34.3 Å². The van der Waals surface area contributed by atoms with Gasteiger partial charge >= 0.3 is 5.97 Å². The molecule has 2 atom stereocenters. The predicted molar refractivity (Wildman–Crippen MR) is 71.7 cm³/mol. The number of benzene rings is 1. The minimum absolute atomic E-state index is 0.148. The highest BCUT2D eigenvalue weighted by Crippen LogP contribution is 2.27. The molecular formula is C14H15ClN2O2. The number of carbonyl (C=O) groups is 1. The minimum atomic E-state index is -0.735. The Morgan fingerprint density at radius 1 is 1.58 bits per heavy atom. The summed E-state index contributed by atoms with van der Waals surface area (Å²) in [6, 6.07) is 7.25. The highest BCUT2D eigenvalue weighted by atomic mass is 35.5. The number of nitrogens with zero attached hydrogens (tertiary/aromatic N) is 2. The molecule has 0 bridgehead atoms. The molecule has 0 saturated carbocycles. The largest absolute Gasteiger partial charge is 0.481 e. The Morgan fingerprint density at radius 3 is 2.84 bits per heavy atom. The van der Waals surface area contributed by atoms with E-state index in [0.29, 0.717) is 23.7 Å². The number of hydrogen-bond donors (Lipinski definition) is 1. The highest BCUT2D eigenvalue weighted by molar-refractivity contribution is 6.31. The molecule has 1 fully saturated rings. The molecule has 19 heavy (non-hydrogen) atoms. The smallest absolute Gasteiger partial charge is 0.308 e. The Labute approximate surface area is 117 Å². The molecule has 1 aliphatic heterocycles. The summed E-state index contributed by atoms with van der Waals surface area (Å²) in [6.45, 7) is 3.89. The third-order valence-corrected chi connectivity index (χ3v) is 3.93. The summed E-state index contributed by atoms with van der Waals surface area (Å²) in [5, 5.41) is 18.4. The molecule has 1 aromatic carbocycles. The second kappa shape index (κ2) is 5.60. The average Bonchev–Trinajstić information content (AvgIpc) is 2.73. The highest BCUT2D eigenvalue weighted by Gasteiger charge is 2.34. The van der Waals surface area contributed by atoms with Crippen LogP contribution < -0.4 is 0 Å². The van der Waals surface area contributed by atoms with Gasteiger partial charge in [-0.1, -0.05) is 24.6 Å². The number of nitriles is 1. The molecule has 1 aliphatic rings. The number of hydrogen-bond acceptors (Lipinski definition) is 3. The first-order valence-corrected chi connectivity index (χ1v) is 6.52. The van der Waals surface area contributed by atoms with Crippen molar-refractivity contribution >= 4 is 17.6 Å². The number of likely N-dealkylation sites (tertiary alicyclic amines) is 1. The van der Waals surface area contributed by atoms with Gasteiger partial charge in [0.15, 0.2) is 0 Å². The maximum atomic E-state index is 11.1. The summed E-state index contributed by atoms with van der Waals surface area (Å²) in [4.78, 5) is 13.2. The fourth-order valence-electron chi connectivity index (χ4n) is 2.50. The van der Waals surface area contributed by atoms with E-state index in [1.54, 1.807) is 12.1 Å². The topological polar surface area (TPSA) is 64.3 Å². The van der Waals surface area contributed by atoms with Gasteiger partial charge in [-0.3, -0.25) is 9.69 Å². The van der Waals surface area contributed by atoms with E-state index in [0.717, 1.165) is 12.1 Å². The number of carboxylic acids is 1. The van der Waals surface area contributed by atoms with Gasteiger partial charge in [-0.15, -0.1) is 0 Å². The van der Waals surface area contributed by atoms with Gasteiger partial charge in [0.05, 0.1) is 17.6 Å². The van der Waals surface area contributed by atoms with Gasteiger partial charge in [-0.25, -0.2) is 0 Å². The molecule has 1 heterocycles. The molecule has 100 valence electrons. The molecule has 0 spiro atoms. The van der Waals surface area contributed by atoms with Crippen LogP contribution in [-0.2, 0) is 11.3 Å². The zero-order valence-corrected chi connectivity index (χ0v) is 11.4. The first kappa shape index (κ1) is 13.9. The fraction of sp³-hybridized carbons (Fsp3) is 0.429. The van der Waals surface area contributed by atoms with Gasteiger partial charge in [0.1, 0.15) is 0 Å². The van der Waals surface area contributed by atoms with E-state index in [1.165, 1.54) is 0 Å². The van der Waals surface area contributed by atoms with Crippen molar-refractivity contribution in [1.82, 2.24) is 4.90 Å². The van der Waals surface area contributed by atoms with Crippen LogP contribution in [0.25, 0.3) is 0 Å². The second-order valence-corrected chi connectivity index (χ2v) is 5.44. The Kier molecular flexibility index (Phi) is 4.08. The van der Waals surface area contributed by atoms with E-state index in [4.69, 9.17) is 22.0 Å².